The Bertz CT molecular complexity index is 792. The second-order valence-electron chi connectivity index (χ2n) is 6.68. The zero-order valence-corrected chi connectivity index (χ0v) is 19.8. The minimum atomic E-state index is -4.49. The summed E-state index contributed by atoms with van der Waals surface area (Å²) in [5, 5.41) is 9.03. The lowest BCUT2D eigenvalue weighted by Crippen LogP contribution is -2.41. The first kappa shape index (κ1) is 26.9. The number of ether oxygens (including phenoxy) is 1. The number of alkyl halides is 3. The molecule has 0 saturated carbocycles. The quantitative estimate of drug-likeness (QED) is 0.181. The van der Waals surface area contributed by atoms with Gasteiger partial charge in [-0.2, -0.15) is 13.2 Å². The summed E-state index contributed by atoms with van der Waals surface area (Å²) < 4.78 is 43.7. The molecule has 172 valence electrons. The largest absolute Gasteiger partial charge is 0.433 e. The zero-order chi connectivity index (χ0) is 21.8. The van der Waals surface area contributed by atoms with Gasteiger partial charge in [0.2, 0.25) is 5.95 Å². The van der Waals surface area contributed by atoms with Gasteiger partial charge in [0.05, 0.1) is 13.2 Å². The fourth-order valence-corrected chi connectivity index (χ4v) is 2.46. The van der Waals surface area contributed by atoms with Crippen molar-refractivity contribution in [2.75, 3.05) is 38.6 Å². The van der Waals surface area contributed by atoms with E-state index in [1.165, 1.54) is 0 Å². The predicted molar refractivity (Wildman–Crippen MR) is 126 cm³/mol. The molecule has 0 saturated heterocycles. The van der Waals surface area contributed by atoms with Crippen molar-refractivity contribution in [2.24, 2.45) is 10.9 Å². The van der Waals surface area contributed by atoms with Crippen LogP contribution in [0.4, 0.5) is 19.1 Å². The number of aliphatic imine (C=N–C) groups is 1. The lowest BCUT2D eigenvalue weighted by molar-refractivity contribution is -0.141. The van der Waals surface area contributed by atoms with Crippen LogP contribution in [0.5, 0.6) is 0 Å². The van der Waals surface area contributed by atoms with Crippen molar-refractivity contribution < 1.29 is 17.9 Å². The van der Waals surface area contributed by atoms with E-state index in [2.05, 4.69) is 37.8 Å². The van der Waals surface area contributed by atoms with Crippen LogP contribution in [-0.4, -0.2) is 49.2 Å². The number of guanidine groups is 1. The average Bonchev–Trinajstić information content (AvgIpc) is 2.73. The summed E-state index contributed by atoms with van der Waals surface area (Å²) in [6.45, 7) is 4.67. The molecule has 11 heteroatoms. The monoisotopic (exact) mass is 552 g/mol. The highest BCUT2D eigenvalue weighted by Crippen LogP contribution is 2.27. The molecular formula is C20H28F3IN6O. The lowest BCUT2D eigenvalue weighted by atomic mass is 10.2. The van der Waals surface area contributed by atoms with E-state index >= 15 is 0 Å². The summed E-state index contributed by atoms with van der Waals surface area (Å²) in [5.74, 6) is 0.791. The van der Waals surface area contributed by atoms with Crippen molar-refractivity contribution in [1.82, 2.24) is 20.6 Å². The van der Waals surface area contributed by atoms with Gasteiger partial charge in [-0.15, -0.1) is 24.0 Å². The van der Waals surface area contributed by atoms with Gasteiger partial charge in [-0.25, -0.2) is 9.97 Å². The van der Waals surface area contributed by atoms with E-state index in [1.54, 1.807) is 7.05 Å². The Morgan fingerprint density at radius 1 is 1.13 bits per heavy atom. The van der Waals surface area contributed by atoms with Gasteiger partial charge in [0.25, 0.3) is 0 Å². The first-order valence-corrected chi connectivity index (χ1v) is 9.58. The summed E-state index contributed by atoms with van der Waals surface area (Å²) >= 11 is 0. The van der Waals surface area contributed by atoms with Gasteiger partial charge in [-0.3, -0.25) is 4.99 Å². The Labute approximate surface area is 197 Å². The SMILES string of the molecule is CN=C(NCCNc1nccc(C(F)(F)F)n1)NCC(C)COCc1ccccc1.I. The highest BCUT2D eigenvalue weighted by Gasteiger charge is 2.32. The van der Waals surface area contributed by atoms with Gasteiger partial charge in [-0.1, -0.05) is 37.3 Å². The maximum atomic E-state index is 12.7. The topological polar surface area (TPSA) is 83.5 Å². The first-order chi connectivity index (χ1) is 14.4. The summed E-state index contributed by atoms with van der Waals surface area (Å²) in [5.41, 5.74) is 0.154. The molecule has 1 atom stereocenters. The third-order valence-corrected chi connectivity index (χ3v) is 4.00. The molecule has 0 amide bonds. The molecule has 0 radical (unpaired) electrons. The van der Waals surface area contributed by atoms with Crippen LogP contribution in [0.3, 0.4) is 0 Å². The van der Waals surface area contributed by atoms with Gasteiger partial charge in [0.15, 0.2) is 5.96 Å². The Kier molecular flexibility index (Phi) is 12.2. The van der Waals surface area contributed by atoms with Crippen molar-refractivity contribution in [1.29, 1.82) is 0 Å². The molecule has 0 spiro atoms. The summed E-state index contributed by atoms with van der Waals surface area (Å²) in [4.78, 5) is 11.4. The van der Waals surface area contributed by atoms with Crippen molar-refractivity contribution in [3.63, 3.8) is 0 Å². The van der Waals surface area contributed by atoms with Crippen LogP contribution in [-0.2, 0) is 17.5 Å². The molecule has 0 aliphatic heterocycles. The van der Waals surface area contributed by atoms with E-state index < -0.39 is 11.9 Å². The van der Waals surface area contributed by atoms with E-state index in [1.807, 2.05) is 30.3 Å². The zero-order valence-electron chi connectivity index (χ0n) is 17.4. The number of hydrogen-bond donors (Lipinski definition) is 3. The van der Waals surface area contributed by atoms with Crippen LogP contribution in [0.15, 0.2) is 47.6 Å². The van der Waals surface area contributed by atoms with Gasteiger partial charge in [0, 0.05) is 32.9 Å². The van der Waals surface area contributed by atoms with E-state index in [0.29, 0.717) is 38.8 Å². The fourth-order valence-electron chi connectivity index (χ4n) is 2.46. The van der Waals surface area contributed by atoms with Crippen LogP contribution < -0.4 is 16.0 Å². The van der Waals surface area contributed by atoms with Gasteiger partial charge in [0.1, 0.15) is 5.69 Å². The predicted octanol–water partition coefficient (Wildman–Crippen LogP) is 3.54. The van der Waals surface area contributed by atoms with Crippen molar-refractivity contribution in [3.8, 4) is 0 Å². The number of aromatic nitrogens is 2. The fraction of sp³-hybridized carbons (Fsp3) is 0.450. The highest BCUT2D eigenvalue weighted by molar-refractivity contribution is 14.0. The number of rotatable bonds is 10. The summed E-state index contributed by atoms with van der Waals surface area (Å²) in [6.07, 6.45) is -3.42. The number of hydrogen-bond acceptors (Lipinski definition) is 5. The van der Waals surface area contributed by atoms with Crippen molar-refractivity contribution >= 4 is 35.9 Å². The van der Waals surface area contributed by atoms with Crippen molar-refractivity contribution in [2.45, 2.75) is 19.7 Å². The van der Waals surface area contributed by atoms with Crippen LogP contribution in [0.25, 0.3) is 0 Å². The van der Waals surface area contributed by atoms with Gasteiger partial charge in [-0.05, 0) is 17.5 Å². The third-order valence-electron chi connectivity index (χ3n) is 4.00. The molecular weight excluding hydrogens is 524 g/mol. The van der Waals surface area contributed by atoms with E-state index in [4.69, 9.17) is 4.74 Å². The number of benzene rings is 1. The molecule has 7 nitrogen and oxygen atoms in total. The molecule has 1 aromatic heterocycles. The Morgan fingerprint density at radius 2 is 1.87 bits per heavy atom. The molecule has 0 fully saturated rings. The second-order valence-corrected chi connectivity index (χ2v) is 6.68. The normalized spacial score (nSPS) is 12.6. The maximum Gasteiger partial charge on any atom is 0.433 e. The molecule has 1 unspecified atom stereocenters. The minimum absolute atomic E-state index is 0. The van der Waals surface area contributed by atoms with Crippen LogP contribution in [0.2, 0.25) is 0 Å². The Hall–Kier alpha value is -2.15. The number of anilines is 1. The molecule has 3 N–H and O–H groups in total. The van der Waals surface area contributed by atoms with Crippen LogP contribution in [0.1, 0.15) is 18.2 Å². The van der Waals surface area contributed by atoms with E-state index in [9.17, 15) is 13.2 Å². The summed E-state index contributed by atoms with van der Waals surface area (Å²) in [7, 11) is 1.65. The van der Waals surface area contributed by atoms with E-state index in [-0.39, 0.29) is 35.8 Å². The van der Waals surface area contributed by atoms with Crippen LogP contribution >= 0.6 is 24.0 Å². The molecule has 2 rings (SSSR count). The summed E-state index contributed by atoms with van der Waals surface area (Å²) in [6, 6.07) is 10.8. The molecule has 1 heterocycles. The molecule has 0 aliphatic carbocycles. The average molecular weight is 552 g/mol. The number of halogens is 4. The smallest absolute Gasteiger partial charge is 0.376 e. The molecule has 0 bridgehead atoms. The molecule has 1 aromatic carbocycles. The lowest BCUT2D eigenvalue weighted by Gasteiger charge is -2.16. The molecule has 0 aliphatic rings. The minimum Gasteiger partial charge on any atom is -0.376 e. The molecule has 31 heavy (non-hydrogen) atoms. The van der Waals surface area contributed by atoms with Crippen molar-refractivity contribution in [3.05, 3.63) is 53.9 Å². The Morgan fingerprint density at radius 3 is 2.55 bits per heavy atom. The second kappa shape index (κ2) is 14.0. The first-order valence-electron chi connectivity index (χ1n) is 9.58. The number of nitrogens with zero attached hydrogens (tertiary/aromatic N) is 3. The standard InChI is InChI=1S/C20H27F3N6O.HI/c1-15(13-30-14-16-6-4-3-5-7-16)12-28-18(24-2)26-10-11-27-19-25-9-8-17(29-19)20(21,22)23;/h3-9,15H,10-14H2,1-2H3,(H2,24,26,28)(H,25,27,29);1H. The third kappa shape index (κ3) is 10.6. The van der Waals surface area contributed by atoms with E-state index in [0.717, 1.165) is 17.8 Å². The Balaban J connectivity index is 0.00000480. The highest BCUT2D eigenvalue weighted by atomic mass is 127. The van der Waals surface area contributed by atoms with Gasteiger partial charge < -0.3 is 20.7 Å². The number of nitrogens with one attached hydrogen (secondary N) is 3. The van der Waals surface area contributed by atoms with Crippen LogP contribution in [0, 0.1) is 5.92 Å². The van der Waals surface area contributed by atoms with Gasteiger partial charge >= 0.3 is 6.18 Å². The molecule has 2 aromatic rings. The maximum absolute atomic E-state index is 12.7.